The van der Waals surface area contributed by atoms with Crippen LogP contribution in [0.4, 0.5) is 5.69 Å². The Morgan fingerprint density at radius 1 is 1.38 bits per heavy atom. The normalized spacial score (nSPS) is 23.7. The van der Waals surface area contributed by atoms with Crippen molar-refractivity contribution < 1.29 is 10.0 Å². The number of nitrogens with one attached hydrogen (secondary N) is 1. The van der Waals surface area contributed by atoms with Gasteiger partial charge in [0.05, 0.1) is 11.0 Å². The fourth-order valence-corrected chi connectivity index (χ4v) is 3.06. The molecule has 0 radical (unpaired) electrons. The van der Waals surface area contributed by atoms with Gasteiger partial charge in [-0.25, -0.2) is 0 Å². The van der Waals surface area contributed by atoms with Crippen molar-refractivity contribution in [1.29, 1.82) is 0 Å². The highest BCUT2D eigenvalue weighted by molar-refractivity contribution is 5.33. The number of benzene rings is 1. The van der Waals surface area contributed by atoms with Crippen LogP contribution in [0.15, 0.2) is 24.3 Å². The molecule has 3 atom stereocenters. The highest BCUT2D eigenvalue weighted by atomic mass is 16.6. The van der Waals surface area contributed by atoms with E-state index < -0.39 is 11.0 Å². The van der Waals surface area contributed by atoms with Gasteiger partial charge in [0.25, 0.3) is 5.69 Å². The summed E-state index contributed by atoms with van der Waals surface area (Å²) in [6, 6.07) is 6.61. The highest BCUT2D eigenvalue weighted by Gasteiger charge is 2.21. The first-order chi connectivity index (χ1) is 10.1. The Balaban J connectivity index is 1.83. The third kappa shape index (κ3) is 4.51. The van der Waals surface area contributed by atoms with Gasteiger partial charge in [0.1, 0.15) is 0 Å². The van der Waals surface area contributed by atoms with Crippen LogP contribution < -0.4 is 5.32 Å². The van der Waals surface area contributed by atoms with E-state index in [4.69, 9.17) is 0 Å². The minimum absolute atomic E-state index is 0.0528. The number of rotatable bonds is 6. The molecule has 2 N–H and O–H groups in total. The Morgan fingerprint density at radius 2 is 2.10 bits per heavy atom. The monoisotopic (exact) mass is 292 g/mol. The van der Waals surface area contributed by atoms with Crippen LogP contribution in [-0.4, -0.2) is 22.6 Å². The van der Waals surface area contributed by atoms with E-state index in [2.05, 4.69) is 12.2 Å². The molecule has 0 aromatic heterocycles. The number of nitrogens with zero attached hydrogens (tertiary/aromatic N) is 1. The number of hydrogen-bond acceptors (Lipinski definition) is 4. The van der Waals surface area contributed by atoms with Gasteiger partial charge in [-0.15, -0.1) is 0 Å². The zero-order valence-corrected chi connectivity index (χ0v) is 12.5. The van der Waals surface area contributed by atoms with E-state index in [1.165, 1.54) is 44.2 Å². The summed E-state index contributed by atoms with van der Waals surface area (Å²) in [6.07, 6.45) is 5.53. The van der Waals surface area contributed by atoms with Crippen LogP contribution >= 0.6 is 0 Å². The van der Waals surface area contributed by atoms with Crippen LogP contribution in [0, 0.1) is 16.0 Å². The lowest BCUT2D eigenvalue weighted by atomic mass is 9.84. The minimum atomic E-state index is -0.618. The molecule has 21 heavy (non-hydrogen) atoms. The van der Waals surface area contributed by atoms with E-state index in [1.807, 2.05) is 0 Å². The number of aliphatic hydroxyl groups is 1. The summed E-state index contributed by atoms with van der Waals surface area (Å²) >= 11 is 0. The smallest absolute Gasteiger partial charge is 0.269 e. The van der Waals surface area contributed by atoms with Gasteiger partial charge >= 0.3 is 0 Å². The summed E-state index contributed by atoms with van der Waals surface area (Å²) in [5.74, 6) is 0.799. The maximum atomic E-state index is 10.6. The first-order valence-electron chi connectivity index (χ1n) is 7.76. The summed E-state index contributed by atoms with van der Waals surface area (Å²) in [5.41, 5.74) is 0.771. The van der Waals surface area contributed by atoms with Gasteiger partial charge in [0, 0.05) is 24.7 Å². The lowest BCUT2D eigenvalue weighted by Crippen LogP contribution is -2.36. The number of hydrogen-bond donors (Lipinski definition) is 2. The molecule has 1 saturated carbocycles. The van der Waals surface area contributed by atoms with Crippen LogP contribution in [0.3, 0.4) is 0 Å². The largest absolute Gasteiger partial charge is 0.387 e. The Kier molecular flexibility index (Phi) is 5.70. The second kappa shape index (κ2) is 7.52. The molecule has 1 aliphatic rings. The van der Waals surface area contributed by atoms with Crippen molar-refractivity contribution in [3.63, 3.8) is 0 Å². The van der Waals surface area contributed by atoms with E-state index in [0.29, 0.717) is 12.6 Å². The van der Waals surface area contributed by atoms with Gasteiger partial charge in [-0.1, -0.05) is 26.2 Å². The molecule has 5 heteroatoms. The Bertz CT molecular complexity index is 461. The first kappa shape index (κ1) is 15.9. The van der Waals surface area contributed by atoms with Crippen molar-refractivity contribution in [3.8, 4) is 0 Å². The highest BCUT2D eigenvalue weighted by Crippen LogP contribution is 2.27. The van der Waals surface area contributed by atoms with Gasteiger partial charge in [-0.2, -0.15) is 0 Å². The molecule has 0 amide bonds. The van der Waals surface area contributed by atoms with Gasteiger partial charge in [-0.3, -0.25) is 10.1 Å². The molecule has 1 aliphatic carbocycles. The number of nitro groups is 1. The summed E-state index contributed by atoms with van der Waals surface area (Å²) in [7, 11) is 0. The minimum Gasteiger partial charge on any atom is -0.387 e. The summed E-state index contributed by atoms with van der Waals surface area (Å²) < 4.78 is 0. The molecule has 116 valence electrons. The molecular formula is C16H24N2O3. The van der Waals surface area contributed by atoms with Crippen molar-refractivity contribution in [2.24, 2.45) is 5.92 Å². The molecule has 1 fully saturated rings. The van der Waals surface area contributed by atoms with E-state index in [9.17, 15) is 15.2 Å². The second-order valence-corrected chi connectivity index (χ2v) is 5.91. The van der Waals surface area contributed by atoms with Crippen LogP contribution in [0.5, 0.6) is 0 Å². The molecule has 0 aliphatic heterocycles. The summed E-state index contributed by atoms with van der Waals surface area (Å²) in [6.45, 7) is 2.73. The first-order valence-corrected chi connectivity index (χ1v) is 7.76. The predicted octanol–water partition coefficient (Wildman–Crippen LogP) is 3.19. The zero-order chi connectivity index (χ0) is 15.2. The molecule has 0 spiro atoms. The average molecular weight is 292 g/mol. The average Bonchev–Trinajstić information content (AvgIpc) is 2.53. The lowest BCUT2D eigenvalue weighted by Gasteiger charge is -2.30. The summed E-state index contributed by atoms with van der Waals surface area (Å²) in [5, 5.41) is 24.2. The van der Waals surface area contributed by atoms with Crippen molar-refractivity contribution in [2.75, 3.05) is 6.54 Å². The SMILES string of the molecule is CCC1CCCC(NCC(O)c2ccc([N+](=O)[O-])cc2)C1. The third-order valence-electron chi connectivity index (χ3n) is 4.45. The van der Waals surface area contributed by atoms with Gasteiger partial charge < -0.3 is 10.4 Å². The molecule has 0 heterocycles. The molecule has 2 rings (SSSR count). The van der Waals surface area contributed by atoms with Gasteiger partial charge in [0.15, 0.2) is 0 Å². The van der Waals surface area contributed by atoms with Crippen molar-refractivity contribution >= 4 is 5.69 Å². The van der Waals surface area contributed by atoms with Crippen molar-refractivity contribution in [3.05, 3.63) is 39.9 Å². The summed E-state index contributed by atoms with van der Waals surface area (Å²) in [4.78, 5) is 10.2. The van der Waals surface area contributed by atoms with E-state index >= 15 is 0 Å². The Morgan fingerprint density at radius 3 is 2.71 bits per heavy atom. The fourth-order valence-electron chi connectivity index (χ4n) is 3.06. The third-order valence-corrected chi connectivity index (χ3v) is 4.45. The molecule has 1 aromatic carbocycles. The van der Waals surface area contributed by atoms with Gasteiger partial charge in [0.2, 0.25) is 0 Å². The number of non-ortho nitro benzene ring substituents is 1. The van der Waals surface area contributed by atoms with Gasteiger partial charge in [-0.05, 0) is 36.5 Å². The molecule has 5 nitrogen and oxygen atoms in total. The maximum Gasteiger partial charge on any atom is 0.269 e. The van der Waals surface area contributed by atoms with Crippen LogP contribution in [0.1, 0.15) is 50.7 Å². The van der Waals surface area contributed by atoms with E-state index in [1.54, 1.807) is 12.1 Å². The standard InChI is InChI=1S/C16H24N2O3/c1-2-12-4-3-5-14(10-12)17-11-16(19)13-6-8-15(9-7-13)18(20)21/h6-9,12,14,16-17,19H,2-5,10-11H2,1H3. The topological polar surface area (TPSA) is 75.4 Å². The second-order valence-electron chi connectivity index (χ2n) is 5.91. The predicted molar refractivity (Wildman–Crippen MR) is 82.1 cm³/mol. The zero-order valence-electron chi connectivity index (χ0n) is 12.5. The Hall–Kier alpha value is -1.46. The molecule has 0 bridgehead atoms. The molecule has 0 saturated heterocycles. The fraction of sp³-hybridized carbons (Fsp3) is 0.625. The lowest BCUT2D eigenvalue weighted by molar-refractivity contribution is -0.384. The van der Waals surface area contributed by atoms with Crippen LogP contribution in [0.2, 0.25) is 0 Å². The van der Waals surface area contributed by atoms with Crippen molar-refractivity contribution in [1.82, 2.24) is 5.32 Å². The van der Waals surface area contributed by atoms with E-state index in [-0.39, 0.29) is 5.69 Å². The van der Waals surface area contributed by atoms with E-state index in [0.717, 1.165) is 11.5 Å². The maximum absolute atomic E-state index is 10.6. The van der Waals surface area contributed by atoms with Crippen LogP contribution in [0.25, 0.3) is 0 Å². The van der Waals surface area contributed by atoms with Crippen molar-refractivity contribution in [2.45, 2.75) is 51.2 Å². The molecular weight excluding hydrogens is 268 g/mol. The number of aliphatic hydroxyl groups excluding tert-OH is 1. The molecule has 1 aromatic rings. The molecule has 3 unspecified atom stereocenters. The Labute approximate surface area is 125 Å². The quantitative estimate of drug-likeness (QED) is 0.623. The van der Waals surface area contributed by atoms with Crippen LogP contribution in [-0.2, 0) is 0 Å². The number of nitro benzene ring substituents is 1.